The molecule has 0 unspecified atom stereocenters. The van der Waals surface area contributed by atoms with Gasteiger partial charge in [-0.25, -0.2) is 0 Å². The van der Waals surface area contributed by atoms with Gasteiger partial charge in [-0.05, 0) is 20.0 Å². The normalized spacial score (nSPS) is 17.6. The predicted octanol–water partition coefficient (Wildman–Crippen LogP) is 1.82. The van der Waals surface area contributed by atoms with Crippen LogP contribution in [0, 0.1) is 0 Å². The monoisotopic (exact) mass is 253 g/mol. The molecular formula is C14H27N3O. The van der Waals surface area contributed by atoms with Crippen molar-refractivity contribution in [2.75, 3.05) is 40.3 Å². The molecule has 18 heavy (non-hydrogen) atoms. The van der Waals surface area contributed by atoms with Gasteiger partial charge in [-0.3, -0.25) is 9.79 Å². The van der Waals surface area contributed by atoms with Gasteiger partial charge in [0, 0.05) is 45.4 Å². The van der Waals surface area contributed by atoms with Crippen molar-refractivity contribution in [3.8, 4) is 0 Å². The number of aliphatic imine (C=N–C) groups is 1. The van der Waals surface area contributed by atoms with Crippen molar-refractivity contribution < 1.29 is 4.79 Å². The summed E-state index contributed by atoms with van der Waals surface area (Å²) in [6.45, 7) is 9.58. The van der Waals surface area contributed by atoms with E-state index in [0.29, 0.717) is 6.42 Å². The van der Waals surface area contributed by atoms with Gasteiger partial charge in [-0.15, -0.1) is 0 Å². The highest BCUT2D eigenvalue weighted by Gasteiger charge is 2.17. The minimum absolute atomic E-state index is 0.216. The molecule has 0 aromatic carbocycles. The highest BCUT2D eigenvalue weighted by molar-refractivity contribution is 5.93. The Kier molecular flexibility index (Phi) is 9.19. The first-order chi connectivity index (χ1) is 8.63. The lowest BCUT2D eigenvalue weighted by molar-refractivity contribution is -0.131. The first-order valence-corrected chi connectivity index (χ1v) is 6.69. The molecule has 4 heteroatoms. The molecule has 0 aliphatic carbocycles. The Morgan fingerprint density at radius 3 is 2.28 bits per heavy atom. The zero-order valence-corrected chi connectivity index (χ0v) is 12.4. The van der Waals surface area contributed by atoms with Crippen LogP contribution in [0.25, 0.3) is 0 Å². The Hall–Kier alpha value is -1.16. The number of allylic oxidation sites excluding steroid dienone is 1. The third-order valence-electron chi connectivity index (χ3n) is 2.86. The minimum atomic E-state index is 0.216. The number of likely N-dealkylation sites (N-methyl/N-ethyl adjacent to an activating group) is 1. The van der Waals surface area contributed by atoms with Gasteiger partial charge in [0.2, 0.25) is 5.91 Å². The molecule has 104 valence electrons. The van der Waals surface area contributed by atoms with Crippen molar-refractivity contribution in [2.24, 2.45) is 4.99 Å². The van der Waals surface area contributed by atoms with Crippen LogP contribution in [-0.2, 0) is 4.79 Å². The first-order valence-electron chi connectivity index (χ1n) is 6.69. The number of carbonyl (C=O) groups is 1. The summed E-state index contributed by atoms with van der Waals surface area (Å²) < 4.78 is 0. The zero-order valence-electron chi connectivity index (χ0n) is 12.4. The van der Waals surface area contributed by atoms with E-state index in [-0.39, 0.29) is 5.91 Å². The van der Waals surface area contributed by atoms with Crippen LogP contribution in [0.1, 0.15) is 27.2 Å². The summed E-state index contributed by atoms with van der Waals surface area (Å²) in [6, 6.07) is 0. The molecule has 1 amide bonds. The van der Waals surface area contributed by atoms with Crippen molar-refractivity contribution in [3.63, 3.8) is 0 Å². The lowest BCUT2D eigenvalue weighted by Gasteiger charge is -2.32. The van der Waals surface area contributed by atoms with E-state index < -0.39 is 0 Å². The molecule has 0 aromatic rings. The fourth-order valence-corrected chi connectivity index (χ4v) is 1.59. The Bertz CT molecular complexity index is 289. The Morgan fingerprint density at radius 2 is 1.78 bits per heavy atom. The van der Waals surface area contributed by atoms with Crippen LogP contribution in [0.4, 0.5) is 0 Å². The second-order valence-corrected chi connectivity index (χ2v) is 4.16. The van der Waals surface area contributed by atoms with Crippen LogP contribution >= 0.6 is 0 Å². The fourth-order valence-electron chi connectivity index (χ4n) is 1.59. The summed E-state index contributed by atoms with van der Waals surface area (Å²) in [6.07, 6.45) is 4.27. The molecule has 1 rings (SSSR count). The van der Waals surface area contributed by atoms with Gasteiger partial charge in [-0.2, -0.15) is 0 Å². The van der Waals surface area contributed by atoms with Gasteiger partial charge in [0.15, 0.2) is 0 Å². The molecule has 0 radical (unpaired) electrons. The van der Waals surface area contributed by atoms with Gasteiger partial charge in [0.25, 0.3) is 0 Å². The predicted molar refractivity (Wildman–Crippen MR) is 78.2 cm³/mol. The van der Waals surface area contributed by atoms with E-state index in [0.717, 1.165) is 31.9 Å². The van der Waals surface area contributed by atoms with E-state index in [4.69, 9.17) is 0 Å². The van der Waals surface area contributed by atoms with Crippen molar-refractivity contribution in [1.29, 1.82) is 0 Å². The van der Waals surface area contributed by atoms with Gasteiger partial charge < -0.3 is 9.80 Å². The van der Waals surface area contributed by atoms with Crippen molar-refractivity contribution in [2.45, 2.75) is 27.2 Å². The largest absolute Gasteiger partial charge is 0.340 e. The van der Waals surface area contributed by atoms with Crippen molar-refractivity contribution >= 4 is 11.6 Å². The van der Waals surface area contributed by atoms with E-state index in [1.54, 1.807) is 7.05 Å². The third kappa shape index (κ3) is 6.55. The van der Waals surface area contributed by atoms with Gasteiger partial charge in [-0.1, -0.05) is 19.9 Å². The summed E-state index contributed by atoms with van der Waals surface area (Å²) in [5.41, 5.74) is 0.950. The maximum absolute atomic E-state index is 11.8. The molecule has 1 fully saturated rings. The van der Waals surface area contributed by atoms with Crippen LogP contribution in [0.2, 0.25) is 0 Å². The fraction of sp³-hybridized carbons (Fsp3) is 0.714. The van der Waals surface area contributed by atoms with E-state index in [2.05, 4.69) is 16.9 Å². The average molecular weight is 253 g/mol. The van der Waals surface area contributed by atoms with Gasteiger partial charge in [0.05, 0.1) is 0 Å². The number of amides is 1. The van der Waals surface area contributed by atoms with E-state index in [1.807, 2.05) is 37.8 Å². The van der Waals surface area contributed by atoms with Crippen molar-refractivity contribution in [1.82, 2.24) is 9.80 Å². The maximum atomic E-state index is 11.8. The number of nitrogens with zero attached hydrogens (tertiary/aromatic N) is 3. The molecule has 0 saturated carbocycles. The summed E-state index contributed by atoms with van der Waals surface area (Å²) in [5.74, 6) is 0.216. The topological polar surface area (TPSA) is 35.9 Å². The molecule has 0 N–H and O–H groups in total. The number of carbonyl (C=O) groups excluding carboxylic acids is 1. The Morgan fingerprint density at radius 1 is 1.22 bits per heavy atom. The lowest BCUT2D eigenvalue weighted by Crippen LogP contribution is -2.46. The molecule has 0 bridgehead atoms. The highest BCUT2D eigenvalue weighted by Crippen LogP contribution is 2.02. The van der Waals surface area contributed by atoms with Crippen LogP contribution in [0.3, 0.4) is 0 Å². The highest BCUT2D eigenvalue weighted by atomic mass is 16.2. The maximum Gasteiger partial charge on any atom is 0.226 e. The zero-order chi connectivity index (χ0) is 14.0. The molecule has 1 saturated heterocycles. The molecule has 0 aromatic heterocycles. The first kappa shape index (κ1) is 16.8. The van der Waals surface area contributed by atoms with E-state index in [9.17, 15) is 4.79 Å². The lowest BCUT2D eigenvalue weighted by atomic mass is 10.2. The summed E-state index contributed by atoms with van der Waals surface area (Å²) >= 11 is 0. The molecule has 0 atom stereocenters. The molecule has 1 aliphatic rings. The quantitative estimate of drug-likeness (QED) is 0.719. The molecule has 1 heterocycles. The van der Waals surface area contributed by atoms with Crippen LogP contribution < -0.4 is 0 Å². The molecule has 4 nitrogen and oxygen atoms in total. The van der Waals surface area contributed by atoms with Crippen LogP contribution in [0.5, 0.6) is 0 Å². The molecular weight excluding hydrogens is 226 g/mol. The SMILES string of the molecule is CC.CN=C(C)/C=C\CC(=O)N1CCN(C)CC1. The van der Waals surface area contributed by atoms with Gasteiger partial charge in [0.1, 0.15) is 0 Å². The minimum Gasteiger partial charge on any atom is -0.340 e. The third-order valence-corrected chi connectivity index (χ3v) is 2.86. The molecule has 1 aliphatic heterocycles. The Balaban J connectivity index is 0.00000137. The summed E-state index contributed by atoms with van der Waals surface area (Å²) in [5, 5.41) is 0. The van der Waals surface area contributed by atoms with Crippen LogP contribution in [0.15, 0.2) is 17.1 Å². The van der Waals surface area contributed by atoms with Crippen LogP contribution in [-0.4, -0.2) is 61.7 Å². The van der Waals surface area contributed by atoms with Gasteiger partial charge >= 0.3 is 0 Å². The number of hydrogen-bond donors (Lipinski definition) is 0. The van der Waals surface area contributed by atoms with E-state index >= 15 is 0 Å². The summed E-state index contributed by atoms with van der Waals surface area (Å²) in [7, 11) is 3.84. The number of piperazine rings is 1. The number of hydrogen-bond acceptors (Lipinski definition) is 3. The molecule has 0 spiro atoms. The van der Waals surface area contributed by atoms with E-state index in [1.165, 1.54) is 0 Å². The number of rotatable bonds is 3. The standard InChI is InChI=1S/C12H21N3O.C2H6/c1-11(13-2)5-4-6-12(16)15-9-7-14(3)8-10-15;1-2/h4-5H,6-10H2,1-3H3;1-2H3/b5-4-,13-11?;. The second-order valence-electron chi connectivity index (χ2n) is 4.16. The van der Waals surface area contributed by atoms with Crippen molar-refractivity contribution in [3.05, 3.63) is 12.2 Å². The Labute approximate surface area is 111 Å². The smallest absolute Gasteiger partial charge is 0.226 e. The average Bonchev–Trinajstić information content (AvgIpc) is 2.41. The second kappa shape index (κ2) is 9.83. The summed E-state index contributed by atoms with van der Waals surface area (Å²) in [4.78, 5) is 20.0.